The van der Waals surface area contributed by atoms with Crippen LogP contribution in [0.25, 0.3) is 21.3 Å². The van der Waals surface area contributed by atoms with E-state index in [-0.39, 0.29) is 11.5 Å². The number of nitrogens with two attached hydrogens (primary N) is 1. The van der Waals surface area contributed by atoms with Crippen LogP contribution in [-0.2, 0) is 22.5 Å². The van der Waals surface area contributed by atoms with Crippen LogP contribution in [0, 0.1) is 0 Å². The molecule has 0 atom stereocenters. The van der Waals surface area contributed by atoms with Crippen LogP contribution in [0.5, 0.6) is 0 Å². The van der Waals surface area contributed by atoms with Gasteiger partial charge in [0.1, 0.15) is 4.88 Å². The third-order valence-corrected chi connectivity index (χ3v) is 7.04. The number of morpholine rings is 1. The number of carbonyl (C=O) groups excluding carboxylic acids is 1. The van der Waals surface area contributed by atoms with E-state index in [9.17, 15) is 4.79 Å². The summed E-state index contributed by atoms with van der Waals surface area (Å²) in [4.78, 5) is 20.7. The Morgan fingerprint density at radius 2 is 1.93 bits per heavy atom. The minimum absolute atomic E-state index is 0.0261. The molecule has 0 spiro atoms. The third kappa shape index (κ3) is 3.27. The first-order valence-electron chi connectivity index (χ1n) is 10.2. The average Bonchev–Trinajstić information content (AvgIpc) is 3.10. The number of pyridine rings is 1. The standard InChI is InChI=1S/C23H25N3O3S/c1-23(2)12-16-15(13-29-23)20-17(19(25-16)14-6-4-3-5-7-14)18(24)21(30-20)22(27)26-8-10-28-11-9-26/h3-7H,8-13,24H2,1-2H3. The van der Waals surface area contributed by atoms with Gasteiger partial charge in [0.15, 0.2) is 0 Å². The third-order valence-electron chi connectivity index (χ3n) is 5.79. The van der Waals surface area contributed by atoms with Crippen LogP contribution in [0.15, 0.2) is 30.3 Å². The summed E-state index contributed by atoms with van der Waals surface area (Å²) in [7, 11) is 0. The second-order valence-corrected chi connectivity index (χ2v) is 9.45. The number of anilines is 1. The van der Waals surface area contributed by atoms with Crippen LogP contribution < -0.4 is 5.73 Å². The first-order valence-corrected chi connectivity index (χ1v) is 11.1. The molecule has 0 radical (unpaired) electrons. The molecule has 0 aliphatic carbocycles. The van der Waals surface area contributed by atoms with Gasteiger partial charge in [-0.3, -0.25) is 9.78 Å². The Bertz CT molecular complexity index is 1120. The molecule has 2 aliphatic rings. The molecule has 2 aliphatic heterocycles. The molecule has 0 unspecified atom stereocenters. The van der Waals surface area contributed by atoms with E-state index in [1.807, 2.05) is 35.2 Å². The van der Waals surface area contributed by atoms with Gasteiger partial charge in [-0.1, -0.05) is 30.3 Å². The fraction of sp³-hybridized carbons (Fsp3) is 0.391. The van der Waals surface area contributed by atoms with Gasteiger partial charge in [0, 0.05) is 40.7 Å². The van der Waals surface area contributed by atoms with E-state index in [0.717, 1.165) is 39.0 Å². The number of aromatic nitrogens is 1. The normalized spacial score (nSPS) is 18.4. The van der Waals surface area contributed by atoms with Crippen LogP contribution in [0.1, 0.15) is 34.8 Å². The molecule has 2 N–H and O–H groups in total. The highest BCUT2D eigenvalue weighted by atomic mass is 32.1. The van der Waals surface area contributed by atoms with E-state index in [1.165, 1.54) is 11.3 Å². The largest absolute Gasteiger partial charge is 0.397 e. The zero-order chi connectivity index (χ0) is 20.9. The summed E-state index contributed by atoms with van der Waals surface area (Å²) < 4.78 is 12.5. The average molecular weight is 424 g/mol. The van der Waals surface area contributed by atoms with Gasteiger partial charge in [0.2, 0.25) is 0 Å². The molecule has 1 fully saturated rings. The van der Waals surface area contributed by atoms with Crippen LogP contribution in [-0.4, -0.2) is 47.7 Å². The molecule has 156 valence electrons. The van der Waals surface area contributed by atoms with Crippen LogP contribution in [0.2, 0.25) is 0 Å². The topological polar surface area (TPSA) is 77.7 Å². The molecule has 0 bridgehead atoms. The lowest BCUT2D eigenvalue weighted by Crippen LogP contribution is -2.40. The lowest BCUT2D eigenvalue weighted by Gasteiger charge is -2.31. The Morgan fingerprint density at radius 1 is 1.20 bits per heavy atom. The minimum Gasteiger partial charge on any atom is -0.397 e. The fourth-order valence-electron chi connectivity index (χ4n) is 4.17. The summed E-state index contributed by atoms with van der Waals surface area (Å²) in [6.45, 7) is 6.95. The van der Waals surface area contributed by atoms with Crippen molar-refractivity contribution in [3.63, 3.8) is 0 Å². The molecule has 30 heavy (non-hydrogen) atoms. The van der Waals surface area contributed by atoms with Crippen LogP contribution in [0.4, 0.5) is 5.69 Å². The summed E-state index contributed by atoms with van der Waals surface area (Å²) in [5.41, 5.74) is 10.8. The van der Waals surface area contributed by atoms with E-state index >= 15 is 0 Å². The maximum atomic E-state index is 13.3. The Morgan fingerprint density at radius 3 is 2.67 bits per heavy atom. The zero-order valence-corrected chi connectivity index (χ0v) is 18.1. The molecule has 4 heterocycles. The predicted molar refractivity (Wildman–Crippen MR) is 119 cm³/mol. The van der Waals surface area contributed by atoms with E-state index in [4.69, 9.17) is 20.2 Å². The number of rotatable bonds is 2. The number of nitrogen functional groups attached to an aromatic ring is 1. The number of carbonyl (C=O) groups is 1. The van der Waals surface area contributed by atoms with Gasteiger partial charge in [-0.05, 0) is 13.8 Å². The van der Waals surface area contributed by atoms with Gasteiger partial charge in [-0.2, -0.15) is 0 Å². The van der Waals surface area contributed by atoms with Crippen molar-refractivity contribution in [2.75, 3.05) is 32.0 Å². The number of amides is 1. The van der Waals surface area contributed by atoms with Crippen molar-refractivity contribution in [2.24, 2.45) is 0 Å². The van der Waals surface area contributed by atoms with Crippen molar-refractivity contribution in [3.8, 4) is 11.3 Å². The molecule has 5 rings (SSSR count). The fourth-order valence-corrected chi connectivity index (χ4v) is 5.41. The van der Waals surface area contributed by atoms with Crippen molar-refractivity contribution in [1.82, 2.24) is 9.88 Å². The van der Waals surface area contributed by atoms with Crippen LogP contribution >= 0.6 is 11.3 Å². The van der Waals surface area contributed by atoms with Crippen molar-refractivity contribution in [3.05, 3.63) is 46.5 Å². The number of hydrogen-bond donors (Lipinski definition) is 1. The van der Waals surface area contributed by atoms with Crippen molar-refractivity contribution in [2.45, 2.75) is 32.5 Å². The second kappa shape index (κ2) is 7.34. The summed E-state index contributed by atoms with van der Waals surface area (Å²) in [5, 5.41) is 0.866. The summed E-state index contributed by atoms with van der Waals surface area (Å²) in [6, 6.07) is 10.1. The van der Waals surface area contributed by atoms with Gasteiger partial charge in [0.25, 0.3) is 5.91 Å². The van der Waals surface area contributed by atoms with Gasteiger partial charge in [0.05, 0.1) is 42.5 Å². The summed E-state index contributed by atoms with van der Waals surface area (Å²) in [6.07, 6.45) is 0.725. The molecule has 3 aromatic rings. The number of benzene rings is 1. The zero-order valence-electron chi connectivity index (χ0n) is 17.2. The highest BCUT2D eigenvalue weighted by Gasteiger charge is 2.33. The SMILES string of the molecule is CC1(C)Cc2nc(-c3ccccc3)c3c(N)c(C(=O)N4CCOCC4)sc3c2CO1. The van der Waals surface area contributed by atoms with Crippen molar-refractivity contribution >= 4 is 33.0 Å². The van der Waals surface area contributed by atoms with Crippen molar-refractivity contribution < 1.29 is 14.3 Å². The van der Waals surface area contributed by atoms with Gasteiger partial charge >= 0.3 is 0 Å². The van der Waals surface area contributed by atoms with Gasteiger partial charge < -0.3 is 20.1 Å². The molecule has 1 amide bonds. The highest BCUT2D eigenvalue weighted by molar-refractivity contribution is 7.22. The molecule has 6 nitrogen and oxygen atoms in total. The highest BCUT2D eigenvalue weighted by Crippen LogP contribution is 2.44. The molecular weight excluding hydrogens is 398 g/mol. The molecular formula is C23H25N3O3S. The van der Waals surface area contributed by atoms with E-state index < -0.39 is 0 Å². The number of hydrogen-bond acceptors (Lipinski definition) is 6. The number of fused-ring (bicyclic) bond motifs is 3. The molecule has 0 saturated carbocycles. The predicted octanol–water partition coefficient (Wildman–Crippen LogP) is 3.87. The smallest absolute Gasteiger partial charge is 0.266 e. The quantitative estimate of drug-likeness (QED) is 0.677. The monoisotopic (exact) mass is 423 g/mol. The maximum Gasteiger partial charge on any atom is 0.266 e. The minimum atomic E-state index is -0.267. The van der Waals surface area contributed by atoms with Gasteiger partial charge in [-0.25, -0.2) is 0 Å². The lowest BCUT2D eigenvalue weighted by atomic mass is 9.93. The molecule has 1 saturated heterocycles. The Labute approximate surface area is 179 Å². The number of thiophene rings is 1. The molecule has 2 aromatic heterocycles. The maximum absolute atomic E-state index is 13.3. The van der Waals surface area contributed by atoms with E-state index in [2.05, 4.69) is 13.8 Å². The molecule has 1 aromatic carbocycles. The molecule has 7 heteroatoms. The van der Waals surface area contributed by atoms with Gasteiger partial charge in [-0.15, -0.1) is 11.3 Å². The van der Waals surface area contributed by atoms with E-state index in [0.29, 0.717) is 43.5 Å². The lowest BCUT2D eigenvalue weighted by molar-refractivity contribution is -0.0404. The Kier molecular flexibility index (Phi) is 4.76. The summed E-state index contributed by atoms with van der Waals surface area (Å²) >= 11 is 1.47. The number of ether oxygens (including phenoxy) is 2. The van der Waals surface area contributed by atoms with E-state index in [1.54, 1.807) is 0 Å². The van der Waals surface area contributed by atoms with Crippen molar-refractivity contribution in [1.29, 1.82) is 0 Å². The number of nitrogens with zero attached hydrogens (tertiary/aromatic N) is 2. The Balaban J connectivity index is 1.72. The Hall–Kier alpha value is -2.48. The second-order valence-electron chi connectivity index (χ2n) is 8.43. The summed E-state index contributed by atoms with van der Waals surface area (Å²) in [5.74, 6) is -0.0261. The first kappa shape index (κ1) is 19.5. The first-order chi connectivity index (χ1) is 14.4. The van der Waals surface area contributed by atoms with Crippen LogP contribution in [0.3, 0.4) is 0 Å².